The fraction of sp³-hybridized carbons (Fsp3) is 0.857. The van der Waals surface area contributed by atoms with Crippen LogP contribution < -0.4 is 0 Å². The standard InChI is InChI=1S/C14H28O2S/c1-10(2)12(3,4)13(5,6)14(7,8)17-9-11(15)16/h9-10,17H,1-8H3,(H,15,16). The van der Waals surface area contributed by atoms with Gasteiger partial charge < -0.3 is 5.11 Å². The Balaban J connectivity index is 5.36. The topological polar surface area (TPSA) is 37.3 Å². The van der Waals surface area contributed by atoms with E-state index in [1.54, 1.807) is 0 Å². The number of hydrogen-bond donors (Lipinski definition) is 2. The van der Waals surface area contributed by atoms with Gasteiger partial charge in [-0.15, -0.1) is 0 Å². The molecule has 0 saturated heterocycles. The van der Waals surface area contributed by atoms with Crippen molar-refractivity contribution in [2.75, 3.05) is 0 Å². The lowest BCUT2D eigenvalue weighted by Gasteiger charge is -2.53. The smallest absolute Gasteiger partial charge is 0.333 e. The number of carboxylic acid groups (broad SMARTS) is 1. The Labute approximate surface area is 110 Å². The molecule has 0 atom stereocenters. The van der Waals surface area contributed by atoms with E-state index in [1.165, 1.54) is 5.37 Å². The van der Waals surface area contributed by atoms with Crippen LogP contribution in [0.2, 0.25) is 0 Å². The summed E-state index contributed by atoms with van der Waals surface area (Å²) >= 11 is 0.873. The molecule has 102 valence electrons. The van der Waals surface area contributed by atoms with Crippen molar-refractivity contribution in [2.45, 2.75) is 60.1 Å². The molecule has 0 spiro atoms. The number of rotatable bonds is 5. The zero-order valence-electron chi connectivity index (χ0n) is 12.5. The molecular formula is C14H28O2S. The molecular weight excluding hydrogens is 232 g/mol. The monoisotopic (exact) mass is 260 g/mol. The van der Waals surface area contributed by atoms with E-state index in [9.17, 15) is 4.79 Å². The highest BCUT2D eigenvalue weighted by atomic mass is 32.1. The zero-order valence-corrected chi connectivity index (χ0v) is 13.4. The Kier molecular flexibility index (Phi) is 5.04. The number of carbonyl (C=O) groups is 1. The third-order valence-corrected chi connectivity index (χ3v) is 6.64. The van der Waals surface area contributed by atoms with E-state index in [0.29, 0.717) is 5.92 Å². The van der Waals surface area contributed by atoms with Crippen LogP contribution in [0, 0.1) is 16.7 Å². The summed E-state index contributed by atoms with van der Waals surface area (Å²) in [7, 11) is 0. The average Bonchev–Trinajstić information content (AvgIpc) is 2.14. The first-order valence-electron chi connectivity index (χ1n) is 6.14. The molecule has 0 aliphatic heterocycles. The molecule has 0 amide bonds. The Morgan fingerprint density at radius 2 is 1.53 bits per heavy atom. The van der Waals surface area contributed by atoms with Crippen molar-refractivity contribution in [1.29, 1.82) is 0 Å². The summed E-state index contributed by atoms with van der Waals surface area (Å²) in [6.45, 7) is 17.8. The predicted molar refractivity (Wildman–Crippen MR) is 79.2 cm³/mol. The van der Waals surface area contributed by atoms with Crippen LogP contribution in [-0.2, 0) is 4.79 Å². The zero-order chi connectivity index (χ0) is 14.1. The Morgan fingerprint density at radius 1 is 1.12 bits per heavy atom. The molecule has 0 rings (SSSR count). The van der Waals surface area contributed by atoms with E-state index < -0.39 is 5.97 Å². The van der Waals surface area contributed by atoms with Gasteiger partial charge in [-0.25, -0.2) is 4.79 Å². The minimum absolute atomic E-state index is 0.0433. The van der Waals surface area contributed by atoms with E-state index >= 15 is 0 Å². The van der Waals surface area contributed by atoms with Crippen molar-refractivity contribution in [2.24, 2.45) is 16.7 Å². The second kappa shape index (κ2) is 5.13. The summed E-state index contributed by atoms with van der Waals surface area (Å²) < 4.78 is -0.0703. The van der Waals surface area contributed by atoms with Gasteiger partial charge in [0.25, 0.3) is 0 Å². The van der Waals surface area contributed by atoms with Crippen LogP contribution in [0.3, 0.4) is 0 Å². The van der Waals surface area contributed by atoms with Gasteiger partial charge in [0.1, 0.15) is 0 Å². The molecule has 0 aromatic rings. The van der Waals surface area contributed by atoms with Crippen LogP contribution in [0.15, 0.2) is 0 Å². The first-order valence-corrected chi connectivity index (χ1v) is 7.11. The van der Waals surface area contributed by atoms with E-state index in [2.05, 4.69) is 55.4 Å². The molecule has 0 bridgehead atoms. The van der Waals surface area contributed by atoms with Crippen molar-refractivity contribution in [1.82, 2.24) is 0 Å². The molecule has 0 unspecified atom stereocenters. The van der Waals surface area contributed by atoms with Crippen LogP contribution in [0.25, 0.3) is 0 Å². The molecule has 0 aromatic heterocycles. The summed E-state index contributed by atoms with van der Waals surface area (Å²) in [4.78, 5) is 10.7. The quantitative estimate of drug-likeness (QED) is 0.582. The van der Waals surface area contributed by atoms with Gasteiger partial charge in [-0.1, -0.05) is 55.4 Å². The third-order valence-electron chi connectivity index (χ3n) is 5.08. The molecule has 0 heterocycles. The largest absolute Gasteiger partial charge is 0.478 e. The minimum Gasteiger partial charge on any atom is -0.478 e. The summed E-state index contributed by atoms with van der Waals surface area (Å²) in [5.41, 5.74) is 0.192. The van der Waals surface area contributed by atoms with Gasteiger partial charge in [0.15, 0.2) is 0 Å². The van der Waals surface area contributed by atoms with Gasteiger partial charge in [-0.05, 0) is 16.7 Å². The number of hydrogen-bond acceptors (Lipinski definition) is 1. The average molecular weight is 260 g/mol. The summed E-state index contributed by atoms with van der Waals surface area (Å²) in [5, 5.41) is 10.2. The molecule has 0 aliphatic carbocycles. The number of thiol groups is 1. The fourth-order valence-electron chi connectivity index (χ4n) is 1.89. The first kappa shape index (κ1) is 16.7. The summed E-state index contributed by atoms with van der Waals surface area (Å²) in [6.07, 6.45) is 0. The van der Waals surface area contributed by atoms with Crippen molar-refractivity contribution in [3.8, 4) is 0 Å². The van der Waals surface area contributed by atoms with Gasteiger partial charge in [0.2, 0.25) is 0 Å². The molecule has 0 aliphatic rings. The Hall–Kier alpha value is -0.310. The minimum atomic E-state index is -0.835. The maximum atomic E-state index is 10.7. The summed E-state index contributed by atoms with van der Waals surface area (Å²) in [6, 6.07) is 0. The molecule has 0 saturated carbocycles. The molecule has 17 heavy (non-hydrogen) atoms. The van der Waals surface area contributed by atoms with Crippen LogP contribution in [0.1, 0.15) is 55.4 Å². The van der Waals surface area contributed by atoms with Crippen molar-refractivity contribution >= 4 is 22.7 Å². The maximum absolute atomic E-state index is 10.7. The second-order valence-corrected chi connectivity index (χ2v) is 8.29. The van der Waals surface area contributed by atoms with E-state index in [-0.39, 0.29) is 15.6 Å². The maximum Gasteiger partial charge on any atom is 0.333 e. The molecule has 3 heteroatoms. The second-order valence-electron chi connectivity index (χ2n) is 6.66. The molecule has 0 aromatic carbocycles. The number of carboxylic acids is 1. The third kappa shape index (κ3) is 3.34. The molecule has 1 N–H and O–H groups in total. The highest BCUT2D eigenvalue weighted by molar-refractivity contribution is 7.99. The van der Waals surface area contributed by atoms with E-state index in [4.69, 9.17) is 5.11 Å². The SMILES string of the molecule is CC(C)C(C)(C)C(C)(C)C(C)(C)[SH]=CC(=O)O. The van der Waals surface area contributed by atoms with Crippen molar-refractivity contribution in [3.63, 3.8) is 0 Å². The lowest BCUT2D eigenvalue weighted by Crippen LogP contribution is -2.49. The molecule has 0 fully saturated rings. The van der Waals surface area contributed by atoms with Crippen molar-refractivity contribution in [3.05, 3.63) is 0 Å². The highest BCUT2D eigenvalue weighted by Crippen LogP contribution is 2.53. The molecule has 0 radical (unpaired) electrons. The van der Waals surface area contributed by atoms with Gasteiger partial charge in [0.05, 0.1) is 0 Å². The normalized spacial score (nSPS) is 15.1. The van der Waals surface area contributed by atoms with E-state index in [1.807, 2.05) is 0 Å². The first-order chi connectivity index (χ1) is 7.36. The lowest BCUT2D eigenvalue weighted by atomic mass is 9.57. The van der Waals surface area contributed by atoms with Gasteiger partial charge in [0, 0.05) is 10.1 Å². The highest BCUT2D eigenvalue weighted by Gasteiger charge is 2.48. The van der Waals surface area contributed by atoms with Crippen LogP contribution in [0.5, 0.6) is 0 Å². The van der Waals surface area contributed by atoms with Crippen LogP contribution in [0.4, 0.5) is 0 Å². The van der Waals surface area contributed by atoms with Gasteiger partial charge in [-0.2, -0.15) is 11.4 Å². The number of aliphatic carboxylic acids is 1. The van der Waals surface area contributed by atoms with Crippen LogP contribution >= 0.6 is 11.4 Å². The molecule has 2 nitrogen and oxygen atoms in total. The van der Waals surface area contributed by atoms with Gasteiger partial charge >= 0.3 is 5.97 Å². The van der Waals surface area contributed by atoms with Crippen LogP contribution in [-0.4, -0.2) is 21.2 Å². The Morgan fingerprint density at radius 3 is 1.82 bits per heavy atom. The predicted octanol–water partition coefficient (Wildman–Crippen LogP) is 3.83. The van der Waals surface area contributed by atoms with E-state index in [0.717, 1.165) is 11.4 Å². The lowest BCUT2D eigenvalue weighted by molar-refractivity contribution is -0.128. The van der Waals surface area contributed by atoms with Crippen molar-refractivity contribution < 1.29 is 9.90 Å². The fourth-order valence-corrected chi connectivity index (χ4v) is 2.93. The van der Waals surface area contributed by atoms with Gasteiger partial charge in [-0.3, -0.25) is 0 Å². The summed E-state index contributed by atoms with van der Waals surface area (Å²) in [5.74, 6) is -0.283. The Bertz CT molecular complexity index is 312.